The first kappa shape index (κ1) is 8.37. The summed E-state index contributed by atoms with van der Waals surface area (Å²) in [5.74, 6) is 1.15. The van der Waals surface area contributed by atoms with Crippen LogP contribution in [0.4, 0.5) is 0 Å². The molecule has 0 saturated carbocycles. The van der Waals surface area contributed by atoms with E-state index in [1.807, 2.05) is 0 Å². The molecule has 0 amide bonds. The molecule has 2 unspecified atom stereocenters. The number of ether oxygens (including phenoxy) is 1. The maximum atomic E-state index is 5.32. The van der Waals surface area contributed by atoms with Crippen LogP contribution in [0.25, 0.3) is 0 Å². The van der Waals surface area contributed by atoms with E-state index in [0.717, 1.165) is 25.4 Å². The molecule has 0 aromatic carbocycles. The number of hydrogen-bond acceptors (Lipinski definition) is 2. The third-order valence-electron chi connectivity index (χ3n) is 1.37. The molecule has 60 valence electrons. The van der Waals surface area contributed by atoms with Crippen molar-refractivity contribution in [3.8, 4) is 0 Å². The van der Waals surface area contributed by atoms with E-state index >= 15 is 0 Å². The minimum absolute atomic E-state index is 0.261. The van der Waals surface area contributed by atoms with Crippen molar-refractivity contribution in [3.63, 3.8) is 0 Å². The van der Waals surface area contributed by atoms with Crippen LogP contribution in [0.1, 0.15) is 20.3 Å². The van der Waals surface area contributed by atoms with Crippen molar-refractivity contribution >= 4 is 11.2 Å². The molecule has 2 atom stereocenters. The van der Waals surface area contributed by atoms with Crippen LogP contribution in [0.15, 0.2) is 0 Å². The molecule has 0 radical (unpaired) electrons. The van der Waals surface area contributed by atoms with Gasteiger partial charge in [-0.1, -0.05) is 6.92 Å². The molecule has 2 nitrogen and oxygen atoms in total. The van der Waals surface area contributed by atoms with Gasteiger partial charge in [0, 0.05) is 6.61 Å². The van der Waals surface area contributed by atoms with Gasteiger partial charge in [-0.15, -0.1) is 4.18 Å². The first-order chi connectivity index (χ1) is 4.88. The highest BCUT2D eigenvalue weighted by Gasteiger charge is 2.53. The Morgan fingerprint density at radius 3 is 2.80 bits per heavy atom. The highest BCUT2D eigenvalue weighted by atomic mass is 32.2. The summed E-state index contributed by atoms with van der Waals surface area (Å²) in [5, 5.41) is 0. The molecular formula is C7H15O2S+. The molecule has 0 bridgehead atoms. The van der Waals surface area contributed by atoms with E-state index in [1.165, 1.54) is 0 Å². The molecular weight excluding hydrogens is 148 g/mol. The smallest absolute Gasteiger partial charge is 0.322 e. The van der Waals surface area contributed by atoms with E-state index in [1.54, 1.807) is 0 Å². The van der Waals surface area contributed by atoms with Gasteiger partial charge in [0.2, 0.25) is 0 Å². The van der Waals surface area contributed by atoms with Crippen molar-refractivity contribution in [2.75, 3.05) is 19.0 Å². The van der Waals surface area contributed by atoms with Crippen molar-refractivity contribution in [2.45, 2.75) is 25.7 Å². The number of rotatable bonds is 5. The molecule has 0 aromatic rings. The monoisotopic (exact) mass is 163 g/mol. The standard InChI is InChI=1S/C7H15O2S/c1-3-5-8-6-7-9-10(7)4-2/h7H,3-6H2,1-2H3/q+1. The quantitative estimate of drug-likeness (QED) is 0.346. The van der Waals surface area contributed by atoms with Gasteiger partial charge in [-0.3, -0.25) is 0 Å². The van der Waals surface area contributed by atoms with Crippen LogP contribution in [-0.2, 0) is 20.1 Å². The van der Waals surface area contributed by atoms with Gasteiger partial charge in [0.15, 0.2) is 11.2 Å². The van der Waals surface area contributed by atoms with Gasteiger partial charge >= 0.3 is 5.44 Å². The Morgan fingerprint density at radius 1 is 1.50 bits per heavy atom. The predicted octanol–water partition coefficient (Wildman–Crippen LogP) is 1.32. The largest absolute Gasteiger partial charge is 0.373 e. The SMILES string of the molecule is CCCOCC1O[S+]1CC. The van der Waals surface area contributed by atoms with Crippen molar-refractivity contribution in [2.24, 2.45) is 0 Å². The Morgan fingerprint density at radius 2 is 2.30 bits per heavy atom. The Labute approximate surface area is 65.5 Å². The van der Waals surface area contributed by atoms with Gasteiger partial charge in [0.1, 0.15) is 12.4 Å². The average Bonchev–Trinajstić information content (AvgIpc) is 2.68. The van der Waals surface area contributed by atoms with Gasteiger partial charge in [-0.2, -0.15) is 0 Å². The Kier molecular flexibility index (Phi) is 3.52. The fourth-order valence-electron chi connectivity index (χ4n) is 0.797. The summed E-state index contributed by atoms with van der Waals surface area (Å²) >= 11 is 0.261. The molecule has 0 N–H and O–H groups in total. The molecule has 1 heterocycles. The van der Waals surface area contributed by atoms with E-state index < -0.39 is 0 Å². The van der Waals surface area contributed by atoms with Crippen LogP contribution in [0, 0.1) is 0 Å². The fourth-order valence-corrected chi connectivity index (χ4v) is 2.01. The van der Waals surface area contributed by atoms with Crippen molar-refractivity contribution in [3.05, 3.63) is 0 Å². The van der Waals surface area contributed by atoms with E-state index in [0.29, 0.717) is 5.44 Å². The Hall–Kier alpha value is 0.270. The minimum atomic E-state index is 0.261. The lowest BCUT2D eigenvalue weighted by Crippen LogP contribution is -2.04. The lowest BCUT2D eigenvalue weighted by molar-refractivity contribution is 0.117. The second-order valence-corrected chi connectivity index (χ2v) is 4.33. The molecule has 1 fully saturated rings. The molecule has 1 aliphatic rings. The maximum absolute atomic E-state index is 5.32. The maximum Gasteiger partial charge on any atom is 0.322 e. The molecule has 3 heteroatoms. The third-order valence-corrected chi connectivity index (χ3v) is 3.05. The first-order valence-electron chi connectivity index (χ1n) is 3.83. The third kappa shape index (κ3) is 2.48. The van der Waals surface area contributed by atoms with Gasteiger partial charge < -0.3 is 4.74 Å². The van der Waals surface area contributed by atoms with Crippen LogP contribution in [0.2, 0.25) is 0 Å². The zero-order valence-electron chi connectivity index (χ0n) is 6.63. The molecule has 0 aliphatic carbocycles. The first-order valence-corrected chi connectivity index (χ1v) is 5.21. The molecule has 0 spiro atoms. The second kappa shape index (κ2) is 4.21. The molecule has 1 aliphatic heterocycles. The summed E-state index contributed by atoms with van der Waals surface area (Å²) in [4.78, 5) is 0. The zero-order chi connectivity index (χ0) is 7.40. The average molecular weight is 163 g/mol. The summed E-state index contributed by atoms with van der Waals surface area (Å²) in [6.45, 7) is 5.96. The van der Waals surface area contributed by atoms with Gasteiger partial charge in [-0.25, -0.2) is 0 Å². The molecule has 1 saturated heterocycles. The second-order valence-electron chi connectivity index (χ2n) is 2.27. The molecule has 1 rings (SSSR count). The minimum Gasteiger partial charge on any atom is -0.373 e. The van der Waals surface area contributed by atoms with Crippen LogP contribution in [0.3, 0.4) is 0 Å². The summed E-state index contributed by atoms with van der Waals surface area (Å²) in [5.41, 5.74) is 0.441. The van der Waals surface area contributed by atoms with Crippen LogP contribution in [0.5, 0.6) is 0 Å². The van der Waals surface area contributed by atoms with E-state index in [4.69, 9.17) is 8.92 Å². The zero-order valence-corrected chi connectivity index (χ0v) is 7.45. The van der Waals surface area contributed by atoms with E-state index in [9.17, 15) is 0 Å². The lowest BCUT2D eigenvalue weighted by atomic mass is 10.5. The van der Waals surface area contributed by atoms with E-state index in [-0.39, 0.29) is 11.2 Å². The van der Waals surface area contributed by atoms with Crippen molar-refractivity contribution in [1.82, 2.24) is 0 Å². The Bertz CT molecular complexity index is 97.6. The molecule has 0 aromatic heterocycles. The van der Waals surface area contributed by atoms with Gasteiger partial charge in [0.05, 0.1) is 0 Å². The summed E-state index contributed by atoms with van der Waals surface area (Å²) < 4.78 is 10.6. The lowest BCUT2D eigenvalue weighted by Gasteiger charge is -1.92. The Balaban J connectivity index is 1.87. The highest BCUT2D eigenvalue weighted by Crippen LogP contribution is 2.27. The number of hydrogen-bond donors (Lipinski definition) is 0. The van der Waals surface area contributed by atoms with Crippen molar-refractivity contribution < 1.29 is 8.92 Å². The highest BCUT2D eigenvalue weighted by molar-refractivity contribution is 7.98. The summed E-state index contributed by atoms with van der Waals surface area (Å²) in [7, 11) is 0. The normalized spacial score (nSPS) is 30.6. The fraction of sp³-hybridized carbons (Fsp3) is 1.00. The van der Waals surface area contributed by atoms with Crippen LogP contribution < -0.4 is 0 Å². The van der Waals surface area contributed by atoms with Gasteiger partial charge in [0.25, 0.3) is 0 Å². The van der Waals surface area contributed by atoms with Crippen LogP contribution in [-0.4, -0.2) is 24.4 Å². The van der Waals surface area contributed by atoms with E-state index in [2.05, 4.69) is 13.8 Å². The molecule has 10 heavy (non-hydrogen) atoms. The van der Waals surface area contributed by atoms with Gasteiger partial charge in [-0.05, 0) is 13.3 Å². The summed E-state index contributed by atoms with van der Waals surface area (Å²) in [6.07, 6.45) is 1.10. The topological polar surface area (TPSA) is 21.8 Å². The predicted molar refractivity (Wildman–Crippen MR) is 43.9 cm³/mol. The van der Waals surface area contributed by atoms with Crippen molar-refractivity contribution in [1.29, 1.82) is 0 Å². The summed E-state index contributed by atoms with van der Waals surface area (Å²) in [6, 6.07) is 0. The van der Waals surface area contributed by atoms with Crippen LogP contribution >= 0.6 is 0 Å².